The van der Waals surface area contributed by atoms with Gasteiger partial charge >= 0.3 is 11.9 Å². The molecule has 0 N–H and O–H groups in total. The summed E-state index contributed by atoms with van der Waals surface area (Å²) in [5.41, 5.74) is 0.109. The molecular weight excluding hydrogens is 294 g/mol. The molecule has 4 nitrogen and oxygen atoms in total. The number of carboxylic acid groups (broad SMARTS) is 1. The summed E-state index contributed by atoms with van der Waals surface area (Å²) in [5, 5.41) is 10.8. The first kappa shape index (κ1) is 16.4. The first-order chi connectivity index (χ1) is 10.4. The van der Waals surface area contributed by atoms with Gasteiger partial charge in [-0.15, -0.1) is 0 Å². The highest BCUT2D eigenvalue weighted by Crippen LogP contribution is 2.36. The van der Waals surface area contributed by atoms with E-state index in [1.54, 1.807) is 18.2 Å². The lowest BCUT2D eigenvalue weighted by Gasteiger charge is -2.35. The van der Waals surface area contributed by atoms with Crippen molar-refractivity contribution in [2.24, 2.45) is 5.92 Å². The second kappa shape index (κ2) is 6.85. The molecule has 0 aliphatic heterocycles. The van der Waals surface area contributed by atoms with Gasteiger partial charge in [-0.1, -0.05) is 37.5 Å². The summed E-state index contributed by atoms with van der Waals surface area (Å²) in [6, 6.07) is 7.67. The van der Waals surface area contributed by atoms with E-state index in [0.717, 1.165) is 6.42 Å². The molecule has 22 heavy (non-hydrogen) atoms. The van der Waals surface area contributed by atoms with Crippen molar-refractivity contribution in [1.82, 2.24) is 0 Å². The van der Waals surface area contributed by atoms with E-state index in [0.29, 0.717) is 25.7 Å². The standard InChI is InChI=1S/C16H18F2O4/c17-16(18,15(20)21)13(11-7-3-1-4-8-11)22-14(19)12-9-5-2-6-10-12/h2,5-6,9-11,13H,1,3-4,7-8H2,(H,20,21)/p-1. The van der Waals surface area contributed by atoms with Gasteiger partial charge in [-0.3, -0.25) is 0 Å². The van der Waals surface area contributed by atoms with Crippen molar-refractivity contribution in [1.29, 1.82) is 0 Å². The lowest BCUT2D eigenvalue weighted by atomic mass is 9.83. The monoisotopic (exact) mass is 311 g/mol. The van der Waals surface area contributed by atoms with Crippen molar-refractivity contribution in [3.8, 4) is 0 Å². The van der Waals surface area contributed by atoms with Gasteiger partial charge in [0.1, 0.15) is 5.97 Å². The number of alkyl halides is 2. The van der Waals surface area contributed by atoms with Crippen molar-refractivity contribution in [3.63, 3.8) is 0 Å². The summed E-state index contributed by atoms with van der Waals surface area (Å²) in [6.07, 6.45) is 1.17. The van der Waals surface area contributed by atoms with E-state index in [1.165, 1.54) is 12.1 Å². The van der Waals surface area contributed by atoms with Crippen molar-refractivity contribution in [3.05, 3.63) is 35.9 Å². The van der Waals surface area contributed by atoms with Crippen molar-refractivity contribution < 1.29 is 28.2 Å². The average molecular weight is 311 g/mol. The van der Waals surface area contributed by atoms with E-state index in [9.17, 15) is 23.5 Å². The molecule has 0 heterocycles. The third kappa shape index (κ3) is 3.61. The predicted molar refractivity (Wildman–Crippen MR) is 72.2 cm³/mol. The molecule has 1 atom stereocenters. The molecule has 0 radical (unpaired) electrons. The Morgan fingerprint density at radius 2 is 1.73 bits per heavy atom. The Balaban J connectivity index is 2.20. The summed E-state index contributed by atoms with van der Waals surface area (Å²) < 4.78 is 32.8. The Labute approximate surface area is 127 Å². The molecule has 2 rings (SSSR count). The molecule has 1 aliphatic carbocycles. The maximum Gasteiger partial charge on any atom is 0.338 e. The van der Waals surface area contributed by atoms with Gasteiger partial charge in [0.2, 0.25) is 0 Å². The Morgan fingerprint density at radius 1 is 1.14 bits per heavy atom. The maximum atomic E-state index is 13.9. The lowest BCUT2D eigenvalue weighted by molar-refractivity contribution is -0.337. The smallest absolute Gasteiger partial charge is 0.338 e. The highest BCUT2D eigenvalue weighted by molar-refractivity contribution is 5.89. The largest absolute Gasteiger partial charge is 0.544 e. The van der Waals surface area contributed by atoms with Gasteiger partial charge in [0.05, 0.1) is 5.56 Å². The lowest BCUT2D eigenvalue weighted by Crippen LogP contribution is -2.54. The number of hydrogen-bond donors (Lipinski definition) is 0. The third-order valence-corrected chi connectivity index (χ3v) is 3.95. The van der Waals surface area contributed by atoms with Crippen molar-refractivity contribution in [2.45, 2.75) is 44.1 Å². The zero-order valence-electron chi connectivity index (χ0n) is 12.0. The summed E-state index contributed by atoms with van der Waals surface area (Å²) in [7, 11) is 0. The molecule has 120 valence electrons. The second-order valence-corrected chi connectivity index (χ2v) is 5.50. The quantitative estimate of drug-likeness (QED) is 0.782. The zero-order chi connectivity index (χ0) is 16.2. The summed E-state index contributed by atoms with van der Waals surface area (Å²) in [6.45, 7) is 0. The number of carboxylic acids is 1. The molecule has 1 aromatic rings. The van der Waals surface area contributed by atoms with Crippen LogP contribution in [0, 0.1) is 5.92 Å². The SMILES string of the molecule is O=C(OC(C1CCCCC1)C(F)(F)C(=O)[O-])c1ccccc1. The van der Waals surface area contributed by atoms with E-state index in [1.807, 2.05) is 0 Å². The van der Waals surface area contributed by atoms with Crippen LogP contribution >= 0.6 is 0 Å². The zero-order valence-corrected chi connectivity index (χ0v) is 12.0. The van der Waals surface area contributed by atoms with Crippen LogP contribution in [0.5, 0.6) is 0 Å². The molecule has 1 aromatic carbocycles. The number of rotatable bonds is 5. The molecule has 0 amide bonds. The van der Waals surface area contributed by atoms with Crippen LogP contribution in [-0.2, 0) is 9.53 Å². The molecule has 1 fully saturated rings. The number of ether oxygens (including phenoxy) is 1. The summed E-state index contributed by atoms with van der Waals surface area (Å²) in [5.74, 6) is -8.33. The van der Waals surface area contributed by atoms with Crippen LogP contribution in [0.25, 0.3) is 0 Å². The van der Waals surface area contributed by atoms with E-state index >= 15 is 0 Å². The van der Waals surface area contributed by atoms with Gasteiger partial charge in [-0.2, -0.15) is 8.78 Å². The summed E-state index contributed by atoms with van der Waals surface area (Å²) in [4.78, 5) is 22.8. The van der Waals surface area contributed by atoms with Crippen LogP contribution in [-0.4, -0.2) is 24.0 Å². The van der Waals surface area contributed by atoms with E-state index in [4.69, 9.17) is 4.74 Å². The minimum atomic E-state index is -4.20. The molecular formula is C16H17F2O4-. The third-order valence-electron chi connectivity index (χ3n) is 3.95. The molecule has 1 unspecified atom stereocenters. The number of hydrogen-bond acceptors (Lipinski definition) is 4. The van der Waals surface area contributed by atoms with E-state index < -0.39 is 29.9 Å². The van der Waals surface area contributed by atoms with Crippen LogP contribution in [0.2, 0.25) is 0 Å². The Kier molecular flexibility index (Phi) is 5.11. The van der Waals surface area contributed by atoms with Crippen LogP contribution in [0.3, 0.4) is 0 Å². The summed E-state index contributed by atoms with van der Waals surface area (Å²) >= 11 is 0. The second-order valence-electron chi connectivity index (χ2n) is 5.50. The van der Waals surface area contributed by atoms with E-state index in [2.05, 4.69) is 0 Å². The molecule has 0 saturated heterocycles. The highest BCUT2D eigenvalue weighted by atomic mass is 19.3. The minimum Gasteiger partial charge on any atom is -0.544 e. The van der Waals surface area contributed by atoms with Gasteiger partial charge in [-0.25, -0.2) is 4.79 Å². The first-order valence-corrected chi connectivity index (χ1v) is 7.28. The van der Waals surface area contributed by atoms with Crippen molar-refractivity contribution >= 4 is 11.9 Å². The number of carbonyl (C=O) groups is 2. The topological polar surface area (TPSA) is 66.4 Å². The molecule has 6 heteroatoms. The molecule has 1 aliphatic rings. The fourth-order valence-electron chi connectivity index (χ4n) is 2.78. The van der Waals surface area contributed by atoms with Gasteiger partial charge < -0.3 is 14.6 Å². The Bertz CT molecular complexity index is 524. The molecule has 0 spiro atoms. The molecule has 0 bridgehead atoms. The average Bonchev–Trinajstić information content (AvgIpc) is 2.53. The maximum absolute atomic E-state index is 13.9. The predicted octanol–water partition coefficient (Wildman–Crippen LogP) is 2.18. The fraction of sp³-hybridized carbons (Fsp3) is 0.500. The number of aliphatic carboxylic acids is 1. The van der Waals surface area contributed by atoms with Crippen LogP contribution in [0.15, 0.2) is 30.3 Å². The molecule has 0 aromatic heterocycles. The van der Waals surface area contributed by atoms with Crippen LogP contribution < -0.4 is 5.11 Å². The molecule has 1 saturated carbocycles. The Hall–Kier alpha value is -1.98. The number of carbonyl (C=O) groups excluding carboxylic acids is 2. The normalized spacial score (nSPS) is 17.7. The first-order valence-electron chi connectivity index (χ1n) is 7.28. The number of benzene rings is 1. The van der Waals surface area contributed by atoms with Gasteiger partial charge in [0.25, 0.3) is 0 Å². The van der Waals surface area contributed by atoms with Crippen molar-refractivity contribution in [2.75, 3.05) is 0 Å². The van der Waals surface area contributed by atoms with Gasteiger partial charge in [0.15, 0.2) is 6.10 Å². The highest BCUT2D eigenvalue weighted by Gasteiger charge is 2.48. The Morgan fingerprint density at radius 3 is 2.27 bits per heavy atom. The number of esters is 1. The number of halogens is 2. The van der Waals surface area contributed by atoms with E-state index in [-0.39, 0.29) is 5.56 Å². The van der Waals surface area contributed by atoms with Gasteiger partial charge in [0, 0.05) is 5.92 Å². The van der Waals surface area contributed by atoms with Gasteiger partial charge in [-0.05, 0) is 25.0 Å². The fourth-order valence-corrected chi connectivity index (χ4v) is 2.78. The van der Waals surface area contributed by atoms with Crippen LogP contribution in [0.1, 0.15) is 42.5 Å². The van der Waals surface area contributed by atoms with Crippen LogP contribution in [0.4, 0.5) is 8.78 Å². The minimum absolute atomic E-state index is 0.109.